The molecular weight excluding hydrogens is 267 g/mol. The van der Waals surface area contributed by atoms with Crippen molar-refractivity contribution < 1.29 is 9.50 Å². The van der Waals surface area contributed by atoms with Crippen LogP contribution in [0.5, 0.6) is 0 Å². The lowest BCUT2D eigenvalue weighted by molar-refractivity contribution is 0.146. The van der Waals surface area contributed by atoms with Crippen LogP contribution in [0.2, 0.25) is 0 Å². The zero-order valence-corrected chi connectivity index (χ0v) is 13.1. The van der Waals surface area contributed by atoms with Gasteiger partial charge in [-0.1, -0.05) is 19.9 Å². The number of rotatable bonds is 7. The minimum absolute atomic E-state index is 0.162. The molecule has 1 atom stereocenters. The van der Waals surface area contributed by atoms with Crippen LogP contribution in [0.3, 0.4) is 0 Å². The smallest absolute Gasteiger partial charge is 0.129 e. The molecule has 1 unspecified atom stereocenters. The molecule has 1 fully saturated rings. The van der Waals surface area contributed by atoms with Crippen LogP contribution in [0.4, 0.5) is 10.1 Å². The molecule has 0 amide bonds. The molecule has 0 aromatic heterocycles. The predicted molar refractivity (Wildman–Crippen MR) is 85.0 cm³/mol. The molecule has 1 aromatic rings. The molecule has 1 heterocycles. The fraction of sp³-hybridized carbons (Fsp3) is 0.647. The maximum absolute atomic E-state index is 14.1. The van der Waals surface area contributed by atoms with Crippen molar-refractivity contribution in [1.82, 2.24) is 5.32 Å². The van der Waals surface area contributed by atoms with Gasteiger partial charge in [0.1, 0.15) is 5.82 Å². The highest BCUT2D eigenvalue weighted by Crippen LogP contribution is 2.26. The second kappa shape index (κ2) is 7.76. The number of benzene rings is 1. The minimum Gasteiger partial charge on any atom is -0.392 e. The average Bonchev–Trinajstić information content (AvgIpc) is 2.93. The molecule has 4 heteroatoms. The molecule has 2 rings (SSSR count). The zero-order valence-electron chi connectivity index (χ0n) is 13.1. The Morgan fingerprint density at radius 3 is 2.67 bits per heavy atom. The van der Waals surface area contributed by atoms with E-state index in [0.717, 1.165) is 30.8 Å². The number of aliphatic hydroxyl groups excluding tert-OH is 1. The summed E-state index contributed by atoms with van der Waals surface area (Å²) < 4.78 is 14.1. The third kappa shape index (κ3) is 4.68. The van der Waals surface area contributed by atoms with Crippen molar-refractivity contribution >= 4 is 5.69 Å². The first-order valence-corrected chi connectivity index (χ1v) is 7.99. The number of nitrogens with zero attached hydrogens (tertiary/aromatic N) is 1. The molecular formula is C17H27FN2O. The Kier molecular flexibility index (Phi) is 6.00. The van der Waals surface area contributed by atoms with Gasteiger partial charge in [-0.25, -0.2) is 4.39 Å². The molecule has 1 aliphatic heterocycles. The molecule has 0 spiro atoms. The first-order chi connectivity index (χ1) is 10.1. The van der Waals surface area contributed by atoms with Gasteiger partial charge in [-0.3, -0.25) is 0 Å². The Morgan fingerprint density at radius 1 is 1.29 bits per heavy atom. The number of hydrogen-bond donors (Lipinski definition) is 2. The van der Waals surface area contributed by atoms with Gasteiger partial charge in [0.05, 0.1) is 6.10 Å². The van der Waals surface area contributed by atoms with E-state index in [-0.39, 0.29) is 11.9 Å². The summed E-state index contributed by atoms with van der Waals surface area (Å²) in [4.78, 5) is 2.25. The molecule has 0 saturated carbocycles. The molecule has 118 valence electrons. The Bertz CT molecular complexity index is 444. The fourth-order valence-electron chi connectivity index (χ4n) is 2.97. The average molecular weight is 294 g/mol. The number of halogens is 1. The van der Waals surface area contributed by atoms with Gasteiger partial charge < -0.3 is 15.3 Å². The first-order valence-electron chi connectivity index (χ1n) is 7.99. The Morgan fingerprint density at radius 2 is 2.00 bits per heavy atom. The lowest BCUT2D eigenvalue weighted by atomic mass is 10.1. The van der Waals surface area contributed by atoms with Crippen molar-refractivity contribution in [3.05, 3.63) is 29.6 Å². The summed E-state index contributed by atoms with van der Waals surface area (Å²) in [5.41, 5.74) is 1.72. The van der Waals surface area contributed by atoms with E-state index in [1.807, 2.05) is 6.07 Å². The minimum atomic E-state index is -0.369. The first kappa shape index (κ1) is 16.2. The summed E-state index contributed by atoms with van der Waals surface area (Å²) in [5.74, 6) is 0.306. The van der Waals surface area contributed by atoms with Crippen molar-refractivity contribution in [2.45, 2.75) is 45.8 Å². The standard InChI is InChI=1S/C17H27FN2O/c1-13(2)10-14(21)11-19-12-15-16(18)6-5-7-17(15)20-8-3-4-9-20/h5-7,13-14,19,21H,3-4,8-12H2,1-2H3. The maximum Gasteiger partial charge on any atom is 0.129 e. The van der Waals surface area contributed by atoms with Gasteiger partial charge in [0, 0.05) is 37.4 Å². The lowest BCUT2D eigenvalue weighted by Gasteiger charge is -2.22. The van der Waals surface area contributed by atoms with E-state index in [1.54, 1.807) is 6.07 Å². The van der Waals surface area contributed by atoms with Crippen LogP contribution < -0.4 is 10.2 Å². The quantitative estimate of drug-likeness (QED) is 0.811. The normalized spacial score (nSPS) is 16.7. The van der Waals surface area contributed by atoms with Gasteiger partial charge in [0.15, 0.2) is 0 Å². The van der Waals surface area contributed by atoms with Crippen LogP contribution in [0.1, 0.15) is 38.7 Å². The van der Waals surface area contributed by atoms with Crippen molar-refractivity contribution in [3.63, 3.8) is 0 Å². The predicted octanol–water partition coefficient (Wildman–Crippen LogP) is 2.92. The number of anilines is 1. The lowest BCUT2D eigenvalue weighted by Crippen LogP contribution is -2.29. The highest BCUT2D eigenvalue weighted by atomic mass is 19.1. The van der Waals surface area contributed by atoms with Crippen LogP contribution in [0.15, 0.2) is 18.2 Å². The highest BCUT2D eigenvalue weighted by molar-refractivity contribution is 5.54. The molecule has 3 nitrogen and oxygen atoms in total. The highest BCUT2D eigenvalue weighted by Gasteiger charge is 2.18. The topological polar surface area (TPSA) is 35.5 Å². The summed E-state index contributed by atoms with van der Waals surface area (Å²) in [6.45, 7) is 7.16. The van der Waals surface area contributed by atoms with Gasteiger partial charge >= 0.3 is 0 Å². The summed E-state index contributed by atoms with van der Waals surface area (Å²) in [7, 11) is 0. The van der Waals surface area contributed by atoms with E-state index >= 15 is 0 Å². The van der Waals surface area contributed by atoms with Gasteiger partial charge in [-0.15, -0.1) is 0 Å². The Hall–Kier alpha value is -1.13. The van der Waals surface area contributed by atoms with Crippen molar-refractivity contribution in [1.29, 1.82) is 0 Å². The maximum atomic E-state index is 14.1. The van der Waals surface area contributed by atoms with E-state index < -0.39 is 0 Å². The van der Waals surface area contributed by atoms with E-state index in [1.165, 1.54) is 18.9 Å². The molecule has 1 saturated heterocycles. The largest absolute Gasteiger partial charge is 0.392 e. The summed E-state index contributed by atoms with van der Waals surface area (Å²) in [5, 5.41) is 13.1. The summed E-state index contributed by atoms with van der Waals surface area (Å²) in [6, 6.07) is 5.29. The molecule has 21 heavy (non-hydrogen) atoms. The van der Waals surface area contributed by atoms with Gasteiger partial charge in [0.2, 0.25) is 0 Å². The van der Waals surface area contributed by atoms with Gasteiger partial charge in [-0.2, -0.15) is 0 Å². The third-order valence-corrected chi connectivity index (χ3v) is 3.97. The number of nitrogens with one attached hydrogen (secondary N) is 1. The van der Waals surface area contributed by atoms with E-state index in [4.69, 9.17) is 0 Å². The second-order valence-electron chi connectivity index (χ2n) is 6.35. The number of aliphatic hydroxyl groups is 1. The van der Waals surface area contributed by atoms with Crippen molar-refractivity contribution in [2.24, 2.45) is 5.92 Å². The zero-order chi connectivity index (χ0) is 15.2. The molecule has 2 N–H and O–H groups in total. The molecule has 0 bridgehead atoms. The summed E-state index contributed by atoms with van der Waals surface area (Å²) in [6.07, 6.45) is 2.75. The van der Waals surface area contributed by atoms with Crippen LogP contribution in [-0.4, -0.2) is 30.8 Å². The number of hydrogen-bond acceptors (Lipinski definition) is 3. The Labute approximate surface area is 127 Å². The van der Waals surface area contributed by atoms with Gasteiger partial charge in [0.25, 0.3) is 0 Å². The SMILES string of the molecule is CC(C)CC(O)CNCc1c(F)cccc1N1CCCC1. The second-order valence-corrected chi connectivity index (χ2v) is 6.35. The van der Waals surface area contributed by atoms with Crippen LogP contribution >= 0.6 is 0 Å². The molecule has 1 aromatic carbocycles. The Balaban J connectivity index is 1.95. The van der Waals surface area contributed by atoms with Crippen molar-refractivity contribution in [2.75, 3.05) is 24.5 Å². The van der Waals surface area contributed by atoms with Crippen LogP contribution in [0, 0.1) is 11.7 Å². The summed E-state index contributed by atoms with van der Waals surface area (Å²) >= 11 is 0. The monoisotopic (exact) mass is 294 g/mol. The molecule has 1 aliphatic rings. The van der Waals surface area contributed by atoms with E-state index in [0.29, 0.717) is 19.0 Å². The van der Waals surface area contributed by atoms with E-state index in [9.17, 15) is 9.50 Å². The van der Waals surface area contributed by atoms with Crippen LogP contribution in [-0.2, 0) is 6.54 Å². The van der Waals surface area contributed by atoms with Crippen LogP contribution in [0.25, 0.3) is 0 Å². The third-order valence-electron chi connectivity index (χ3n) is 3.97. The van der Waals surface area contributed by atoms with E-state index in [2.05, 4.69) is 24.1 Å². The molecule has 0 aliphatic carbocycles. The van der Waals surface area contributed by atoms with Crippen molar-refractivity contribution in [3.8, 4) is 0 Å². The fourth-order valence-corrected chi connectivity index (χ4v) is 2.97. The molecule has 0 radical (unpaired) electrons. The van der Waals surface area contributed by atoms with Gasteiger partial charge in [-0.05, 0) is 37.3 Å².